The number of nitrogens with two attached hydrogens (primary N) is 1. The lowest BCUT2D eigenvalue weighted by Crippen LogP contribution is -1.99. The summed E-state index contributed by atoms with van der Waals surface area (Å²) >= 11 is 3.46. The molecule has 96 valence electrons. The maximum Gasteiger partial charge on any atom is 0.159 e. The first-order valence-electron chi connectivity index (χ1n) is 5.96. The molecule has 0 unspecified atom stereocenters. The van der Waals surface area contributed by atoms with E-state index < -0.39 is 0 Å². The topological polar surface area (TPSA) is 56.7 Å². The van der Waals surface area contributed by atoms with Crippen molar-refractivity contribution >= 4 is 27.0 Å². The number of nitrogens with zero attached hydrogens (tertiary/aromatic N) is 3. The van der Waals surface area contributed by atoms with Gasteiger partial charge in [0, 0.05) is 24.3 Å². The van der Waals surface area contributed by atoms with Gasteiger partial charge < -0.3 is 10.3 Å². The second-order valence-electron chi connectivity index (χ2n) is 4.38. The van der Waals surface area contributed by atoms with Crippen LogP contribution in [0.4, 0.5) is 0 Å². The van der Waals surface area contributed by atoms with Crippen molar-refractivity contribution in [1.82, 2.24) is 14.5 Å². The average molecular weight is 317 g/mol. The number of hydrogen-bond donors (Lipinski definition) is 1. The average Bonchev–Trinajstić information content (AvgIpc) is 2.75. The SMILES string of the molecule is Cn1c(-c2ccc(CN)cn2)nc2cc(Br)ccc21. The third kappa shape index (κ3) is 2.15. The van der Waals surface area contributed by atoms with Crippen LogP contribution in [-0.4, -0.2) is 14.5 Å². The van der Waals surface area contributed by atoms with E-state index in [1.165, 1.54) is 0 Å². The zero-order valence-electron chi connectivity index (χ0n) is 10.5. The van der Waals surface area contributed by atoms with Gasteiger partial charge in [0.2, 0.25) is 0 Å². The summed E-state index contributed by atoms with van der Waals surface area (Å²) in [6, 6.07) is 10.0. The van der Waals surface area contributed by atoms with Crippen molar-refractivity contribution in [3.63, 3.8) is 0 Å². The Hall–Kier alpha value is -1.72. The Labute approximate surface area is 119 Å². The quantitative estimate of drug-likeness (QED) is 0.791. The summed E-state index contributed by atoms with van der Waals surface area (Å²) < 4.78 is 3.07. The molecule has 0 fully saturated rings. The molecule has 0 saturated carbocycles. The van der Waals surface area contributed by atoms with Crippen LogP contribution in [0.5, 0.6) is 0 Å². The van der Waals surface area contributed by atoms with Gasteiger partial charge in [-0.15, -0.1) is 0 Å². The molecule has 5 heteroatoms. The molecule has 3 aromatic rings. The van der Waals surface area contributed by atoms with Crippen LogP contribution in [0.15, 0.2) is 41.0 Å². The molecule has 0 radical (unpaired) electrons. The van der Waals surface area contributed by atoms with Crippen LogP contribution < -0.4 is 5.73 Å². The van der Waals surface area contributed by atoms with Gasteiger partial charge in [-0.1, -0.05) is 22.0 Å². The maximum atomic E-state index is 5.58. The highest BCUT2D eigenvalue weighted by Crippen LogP contribution is 2.24. The molecule has 0 aliphatic heterocycles. The molecule has 0 atom stereocenters. The second kappa shape index (κ2) is 4.75. The Morgan fingerprint density at radius 2 is 2.11 bits per heavy atom. The van der Waals surface area contributed by atoms with E-state index in [1.54, 1.807) is 6.20 Å². The van der Waals surface area contributed by atoms with E-state index in [-0.39, 0.29) is 0 Å². The fourth-order valence-electron chi connectivity index (χ4n) is 2.08. The van der Waals surface area contributed by atoms with Crippen LogP contribution in [0.2, 0.25) is 0 Å². The predicted octanol–water partition coefficient (Wildman–Crippen LogP) is 2.86. The van der Waals surface area contributed by atoms with Gasteiger partial charge in [0.25, 0.3) is 0 Å². The Morgan fingerprint density at radius 3 is 2.79 bits per heavy atom. The molecule has 19 heavy (non-hydrogen) atoms. The van der Waals surface area contributed by atoms with E-state index in [4.69, 9.17) is 5.73 Å². The lowest BCUT2D eigenvalue weighted by atomic mass is 10.2. The summed E-state index contributed by atoms with van der Waals surface area (Å²) in [7, 11) is 2.00. The first-order valence-corrected chi connectivity index (χ1v) is 6.75. The van der Waals surface area contributed by atoms with Crippen molar-refractivity contribution in [2.45, 2.75) is 6.54 Å². The molecular formula is C14H13BrN4. The van der Waals surface area contributed by atoms with Gasteiger partial charge in [0.05, 0.1) is 11.0 Å². The van der Waals surface area contributed by atoms with E-state index >= 15 is 0 Å². The molecule has 2 N–H and O–H groups in total. The third-order valence-corrected chi connectivity index (χ3v) is 3.63. The van der Waals surface area contributed by atoms with Crippen LogP contribution in [0, 0.1) is 0 Å². The minimum Gasteiger partial charge on any atom is -0.326 e. The number of benzene rings is 1. The van der Waals surface area contributed by atoms with Crippen LogP contribution >= 0.6 is 15.9 Å². The first kappa shape index (κ1) is 12.3. The van der Waals surface area contributed by atoms with Gasteiger partial charge in [-0.3, -0.25) is 4.98 Å². The molecule has 0 amide bonds. The number of aromatic nitrogens is 3. The van der Waals surface area contributed by atoms with E-state index in [0.29, 0.717) is 6.54 Å². The van der Waals surface area contributed by atoms with Crippen LogP contribution in [0.3, 0.4) is 0 Å². The van der Waals surface area contributed by atoms with Gasteiger partial charge in [-0.25, -0.2) is 4.98 Å². The molecule has 4 nitrogen and oxygen atoms in total. The van der Waals surface area contributed by atoms with Crippen LogP contribution in [0.25, 0.3) is 22.6 Å². The number of aryl methyl sites for hydroxylation is 1. The molecule has 0 aliphatic carbocycles. The van der Waals surface area contributed by atoms with Crippen molar-refractivity contribution in [3.05, 3.63) is 46.6 Å². The summed E-state index contributed by atoms with van der Waals surface area (Å²) in [6.45, 7) is 0.503. The molecule has 0 spiro atoms. The lowest BCUT2D eigenvalue weighted by Gasteiger charge is -2.02. The molecule has 1 aromatic carbocycles. The van der Waals surface area contributed by atoms with E-state index in [2.05, 4.69) is 25.9 Å². The van der Waals surface area contributed by atoms with Crippen molar-refractivity contribution in [3.8, 4) is 11.5 Å². The number of rotatable bonds is 2. The van der Waals surface area contributed by atoms with E-state index in [1.807, 2.05) is 41.9 Å². The Bertz CT molecular complexity index is 731. The van der Waals surface area contributed by atoms with Crippen molar-refractivity contribution < 1.29 is 0 Å². The van der Waals surface area contributed by atoms with Crippen LogP contribution in [0.1, 0.15) is 5.56 Å². The molecule has 0 aliphatic rings. The molecule has 2 aromatic heterocycles. The van der Waals surface area contributed by atoms with Gasteiger partial charge >= 0.3 is 0 Å². The minimum absolute atomic E-state index is 0.503. The summed E-state index contributed by atoms with van der Waals surface area (Å²) in [6.07, 6.45) is 1.80. The normalized spacial score (nSPS) is 11.1. The van der Waals surface area contributed by atoms with Crippen molar-refractivity contribution in [2.24, 2.45) is 12.8 Å². The fraction of sp³-hybridized carbons (Fsp3) is 0.143. The number of halogens is 1. The van der Waals surface area contributed by atoms with Crippen molar-refractivity contribution in [2.75, 3.05) is 0 Å². The summed E-state index contributed by atoms with van der Waals surface area (Å²) in [4.78, 5) is 9.06. The smallest absolute Gasteiger partial charge is 0.159 e. The third-order valence-electron chi connectivity index (χ3n) is 3.13. The Kier molecular flexibility index (Phi) is 3.08. The zero-order chi connectivity index (χ0) is 13.4. The molecule has 2 heterocycles. The highest BCUT2D eigenvalue weighted by molar-refractivity contribution is 9.10. The summed E-state index contributed by atoms with van der Waals surface area (Å²) in [5.41, 5.74) is 9.49. The van der Waals surface area contributed by atoms with E-state index in [0.717, 1.165) is 32.6 Å². The molecule has 3 rings (SSSR count). The van der Waals surface area contributed by atoms with Gasteiger partial charge in [-0.05, 0) is 29.8 Å². The van der Waals surface area contributed by atoms with Crippen LogP contribution in [-0.2, 0) is 13.6 Å². The summed E-state index contributed by atoms with van der Waals surface area (Å²) in [5.74, 6) is 0.858. The minimum atomic E-state index is 0.503. The van der Waals surface area contributed by atoms with Gasteiger partial charge in [0.15, 0.2) is 5.82 Å². The van der Waals surface area contributed by atoms with E-state index in [9.17, 15) is 0 Å². The predicted molar refractivity (Wildman–Crippen MR) is 79.5 cm³/mol. The fourth-order valence-corrected chi connectivity index (χ4v) is 2.43. The maximum absolute atomic E-state index is 5.58. The standard InChI is InChI=1S/C14H13BrN4/c1-19-13-5-3-10(15)6-12(13)18-14(19)11-4-2-9(7-16)8-17-11/h2-6,8H,7,16H2,1H3. The van der Waals surface area contributed by atoms with Gasteiger partial charge in [0.1, 0.15) is 5.69 Å². The van der Waals surface area contributed by atoms with Crippen molar-refractivity contribution in [1.29, 1.82) is 0 Å². The van der Waals surface area contributed by atoms with Gasteiger partial charge in [-0.2, -0.15) is 0 Å². The lowest BCUT2D eigenvalue weighted by molar-refractivity contribution is 0.947. The Balaban J connectivity index is 2.15. The molecule has 0 bridgehead atoms. The zero-order valence-corrected chi connectivity index (χ0v) is 12.1. The summed E-state index contributed by atoms with van der Waals surface area (Å²) in [5, 5.41) is 0. The number of hydrogen-bond acceptors (Lipinski definition) is 3. The molecular weight excluding hydrogens is 304 g/mol. The largest absolute Gasteiger partial charge is 0.326 e. The first-order chi connectivity index (χ1) is 9.19. The number of pyridine rings is 1. The highest BCUT2D eigenvalue weighted by Gasteiger charge is 2.10. The number of fused-ring (bicyclic) bond motifs is 1. The highest BCUT2D eigenvalue weighted by atomic mass is 79.9. The second-order valence-corrected chi connectivity index (χ2v) is 5.30. The Morgan fingerprint density at radius 1 is 1.26 bits per heavy atom. The monoisotopic (exact) mass is 316 g/mol. The molecule has 0 saturated heterocycles. The number of imidazole rings is 1.